The van der Waals surface area contributed by atoms with Crippen molar-refractivity contribution in [2.45, 2.75) is 24.7 Å². The number of hydrogen-bond donors (Lipinski definition) is 0. The zero-order valence-electron chi connectivity index (χ0n) is 7.30. The van der Waals surface area contributed by atoms with Crippen molar-refractivity contribution in [3.05, 3.63) is 0 Å². The zero-order valence-corrected chi connectivity index (χ0v) is 7.30. The van der Waals surface area contributed by atoms with Crippen LogP contribution in [-0.2, 0) is 9.47 Å². The van der Waals surface area contributed by atoms with E-state index >= 15 is 0 Å². The summed E-state index contributed by atoms with van der Waals surface area (Å²) >= 11 is 0. The summed E-state index contributed by atoms with van der Waals surface area (Å²) in [4.78, 5) is 0. The number of hydrogen-bond acceptors (Lipinski definition) is 2. The molecule has 0 saturated carbocycles. The maximum absolute atomic E-state index is 12.2. The van der Waals surface area contributed by atoms with Crippen LogP contribution in [0.15, 0.2) is 0 Å². The first-order valence-corrected chi connectivity index (χ1v) is 3.39. The monoisotopic (exact) mass is 284 g/mol. The van der Waals surface area contributed by atoms with Crippen molar-refractivity contribution in [2.75, 3.05) is 6.67 Å². The van der Waals surface area contributed by atoms with Crippen LogP contribution in [0.4, 0.5) is 43.9 Å². The molecule has 0 heterocycles. The number of rotatable bonds is 5. The van der Waals surface area contributed by atoms with Crippen molar-refractivity contribution in [3.8, 4) is 0 Å². The highest BCUT2D eigenvalue weighted by Gasteiger charge is 2.67. The van der Waals surface area contributed by atoms with E-state index in [0.717, 1.165) is 0 Å². The lowest BCUT2D eigenvalue weighted by Crippen LogP contribution is -2.51. The van der Waals surface area contributed by atoms with Crippen molar-refractivity contribution in [1.29, 1.82) is 0 Å². The minimum atomic E-state index is -6.44. The van der Waals surface area contributed by atoms with Gasteiger partial charge in [0.1, 0.15) is 0 Å². The molecule has 0 amide bonds. The topological polar surface area (TPSA) is 18.5 Å². The maximum Gasteiger partial charge on any atom is 0.527 e. The standard InChI is InChI=1S/C5H2F10O2/c6-1-2(7,8)16-3(9,10)4(11,12)17-5(13,14)15/h1H2. The second-order valence-corrected chi connectivity index (χ2v) is 2.45. The van der Waals surface area contributed by atoms with Crippen molar-refractivity contribution in [1.82, 2.24) is 0 Å². The molecule has 0 aliphatic heterocycles. The van der Waals surface area contributed by atoms with E-state index in [0.29, 0.717) is 0 Å². The number of alkyl halides is 10. The molecule has 0 saturated heterocycles. The molecule has 0 atom stereocenters. The lowest BCUT2D eigenvalue weighted by atomic mass is 10.5. The van der Waals surface area contributed by atoms with Gasteiger partial charge in [-0.25, -0.2) is 13.9 Å². The molecule has 0 aromatic carbocycles. The fourth-order valence-corrected chi connectivity index (χ4v) is 0.479. The van der Waals surface area contributed by atoms with E-state index in [1.54, 1.807) is 4.74 Å². The lowest BCUT2D eigenvalue weighted by Gasteiger charge is -2.28. The van der Waals surface area contributed by atoms with E-state index in [4.69, 9.17) is 0 Å². The van der Waals surface area contributed by atoms with Gasteiger partial charge in [0, 0.05) is 0 Å². The van der Waals surface area contributed by atoms with Crippen LogP contribution in [0.5, 0.6) is 0 Å². The van der Waals surface area contributed by atoms with Crippen molar-refractivity contribution >= 4 is 0 Å². The largest absolute Gasteiger partial charge is 0.527 e. The molecule has 0 unspecified atom stereocenters. The highest BCUT2D eigenvalue weighted by Crippen LogP contribution is 2.43. The summed E-state index contributed by atoms with van der Waals surface area (Å²) in [5.41, 5.74) is 0. The van der Waals surface area contributed by atoms with Crippen LogP contribution >= 0.6 is 0 Å². The predicted molar refractivity (Wildman–Crippen MR) is 29.0 cm³/mol. The Bertz CT molecular complexity index is 258. The fraction of sp³-hybridized carbons (Fsp3) is 1.00. The second kappa shape index (κ2) is 4.48. The summed E-state index contributed by atoms with van der Waals surface area (Å²) in [5.74, 6) is 0. The molecule has 0 aromatic rings. The van der Waals surface area contributed by atoms with Gasteiger partial charge in [0.2, 0.25) is 0 Å². The van der Waals surface area contributed by atoms with Gasteiger partial charge in [0.05, 0.1) is 0 Å². The third-order valence-electron chi connectivity index (χ3n) is 1.02. The number of halogens is 10. The highest BCUT2D eigenvalue weighted by atomic mass is 19.4. The van der Waals surface area contributed by atoms with E-state index in [9.17, 15) is 43.9 Å². The molecule has 0 bridgehead atoms. The van der Waals surface area contributed by atoms with Crippen LogP contribution in [0, 0.1) is 0 Å². The molecular formula is C5H2F10O2. The van der Waals surface area contributed by atoms with Gasteiger partial charge in [-0.2, -0.15) is 26.3 Å². The quantitative estimate of drug-likeness (QED) is 0.721. The van der Waals surface area contributed by atoms with E-state index in [1.165, 1.54) is 0 Å². The lowest BCUT2D eigenvalue weighted by molar-refractivity contribution is -0.529. The van der Waals surface area contributed by atoms with Crippen molar-refractivity contribution < 1.29 is 53.4 Å². The summed E-state index contributed by atoms with van der Waals surface area (Å²) in [5, 5.41) is 0. The SMILES string of the molecule is FCC(F)(F)OC(F)(F)C(F)(F)OC(F)(F)F. The molecule has 0 radical (unpaired) electrons. The van der Waals surface area contributed by atoms with Crippen LogP contribution in [-0.4, -0.2) is 31.4 Å². The Morgan fingerprint density at radius 2 is 1.00 bits per heavy atom. The van der Waals surface area contributed by atoms with Crippen LogP contribution < -0.4 is 0 Å². The predicted octanol–water partition coefficient (Wildman–Crippen LogP) is 3.29. The first-order valence-electron chi connectivity index (χ1n) is 3.39. The maximum atomic E-state index is 12.2. The molecule has 0 aliphatic carbocycles. The average molecular weight is 284 g/mol. The van der Waals surface area contributed by atoms with Crippen molar-refractivity contribution in [3.63, 3.8) is 0 Å². The molecule has 0 fully saturated rings. The molecule has 0 aromatic heterocycles. The molecule has 0 N–H and O–H groups in total. The Balaban J connectivity index is 4.91. The molecule has 0 aliphatic rings. The summed E-state index contributed by atoms with van der Waals surface area (Å²) in [6.45, 7) is -2.94. The summed E-state index contributed by atoms with van der Waals surface area (Å²) in [6, 6.07) is 0. The van der Waals surface area contributed by atoms with E-state index in [-0.39, 0.29) is 0 Å². The fourth-order valence-electron chi connectivity index (χ4n) is 0.479. The van der Waals surface area contributed by atoms with E-state index < -0.39 is 31.4 Å². The molecule has 2 nitrogen and oxygen atoms in total. The molecule has 0 rings (SSSR count). The minimum Gasteiger partial charge on any atom is -0.246 e. The molecular weight excluding hydrogens is 282 g/mol. The van der Waals surface area contributed by atoms with Crippen LogP contribution in [0.3, 0.4) is 0 Å². The van der Waals surface area contributed by atoms with Gasteiger partial charge in [-0.1, -0.05) is 0 Å². The Morgan fingerprint density at radius 1 is 0.647 bits per heavy atom. The zero-order chi connectivity index (χ0) is 14.1. The normalized spacial score (nSPS) is 15.2. The third kappa shape index (κ3) is 4.93. The molecule has 0 spiro atoms. The van der Waals surface area contributed by atoms with Crippen LogP contribution in [0.1, 0.15) is 0 Å². The minimum absolute atomic E-state index is 1.62. The van der Waals surface area contributed by atoms with Crippen molar-refractivity contribution in [2.24, 2.45) is 0 Å². The first-order chi connectivity index (χ1) is 7.22. The second-order valence-electron chi connectivity index (χ2n) is 2.45. The molecule has 12 heteroatoms. The summed E-state index contributed by atoms with van der Waals surface area (Å²) in [7, 11) is 0. The smallest absolute Gasteiger partial charge is 0.246 e. The van der Waals surface area contributed by atoms with Gasteiger partial charge in [-0.05, 0) is 0 Å². The first kappa shape index (κ1) is 16.2. The van der Waals surface area contributed by atoms with Gasteiger partial charge in [0.25, 0.3) is 0 Å². The summed E-state index contributed by atoms with van der Waals surface area (Å²) in [6.07, 6.45) is -24.4. The van der Waals surface area contributed by atoms with Gasteiger partial charge >= 0.3 is 24.7 Å². The Kier molecular flexibility index (Phi) is 4.27. The van der Waals surface area contributed by atoms with Gasteiger partial charge in [-0.3, -0.25) is 0 Å². The Labute approximate surface area is 86.1 Å². The summed E-state index contributed by atoms with van der Waals surface area (Å²) < 4.78 is 121. The Hall–Kier alpha value is -0.780. The molecule has 104 valence electrons. The van der Waals surface area contributed by atoms with Gasteiger partial charge in [0.15, 0.2) is 6.67 Å². The van der Waals surface area contributed by atoms with Gasteiger partial charge < -0.3 is 0 Å². The Morgan fingerprint density at radius 3 is 1.29 bits per heavy atom. The average Bonchev–Trinajstić information content (AvgIpc) is 1.97. The van der Waals surface area contributed by atoms with Crippen LogP contribution in [0.25, 0.3) is 0 Å². The third-order valence-corrected chi connectivity index (χ3v) is 1.02. The van der Waals surface area contributed by atoms with Crippen LogP contribution in [0.2, 0.25) is 0 Å². The van der Waals surface area contributed by atoms with E-state index in [2.05, 4.69) is 0 Å². The highest BCUT2D eigenvalue weighted by molar-refractivity contribution is 4.70. The van der Waals surface area contributed by atoms with E-state index in [1.807, 2.05) is 4.74 Å². The number of ether oxygens (including phenoxy) is 2. The molecule has 17 heavy (non-hydrogen) atoms. The van der Waals surface area contributed by atoms with Gasteiger partial charge in [-0.15, -0.1) is 13.2 Å².